The third kappa shape index (κ3) is 3.13. The van der Waals surface area contributed by atoms with E-state index in [4.69, 9.17) is 0 Å². The van der Waals surface area contributed by atoms with Crippen LogP contribution in [0.4, 0.5) is 0 Å². The molecule has 2 aromatic heterocycles. The largest absolute Gasteiger partial charge is 0.355 e. The Balaban J connectivity index is 1.49. The Kier molecular flexibility index (Phi) is 4.41. The van der Waals surface area contributed by atoms with E-state index < -0.39 is 0 Å². The number of nitrogens with zero attached hydrogens (tertiary/aromatic N) is 3. The fourth-order valence-corrected chi connectivity index (χ4v) is 4.44. The normalized spacial score (nSPS) is 21.3. The number of hydrogen-bond acceptors (Lipinski definition) is 4. The fraction of sp³-hybridized carbons (Fsp3) is 0.556. The summed E-state index contributed by atoms with van der Waals surface area (Å²) in [5.74, 6) is 0.717. The molecular weight excluding hydrogens is 320 g/mol. The molecule has 0 unspecified atom stereocenters. The van der Waals surface area contributed by atoms with Gasteiger partial charge in [-0.3, -0.25) is 9.69 Å². The van der Waals surface area contributed by atoms with E-state index in [1.54, 1.807) is 11.3 Å². The molecule has 0 radical (unpaired) electrons. The van der Waals surface area contributed by atoms with Gasteiger partial charge in [0, 0.05) is 38.1 Å². The van der Waals surface area contributed by atoms with Gasteiger partial charge in [-0.25, -0.2) is 4.98 Å². The molecule has 1 atom stereocenters. The summed E-state index contributed by atoms with van der Waals surface area (Å²) in [4.78, 5) is 21.0. The van der Waals surface area contributed by atoms with E-state index >= 15 is 0 Å². The lowest BCUT2D eigenvalue weighted by atomic mass is 9.85. The van der Waals surface area contributed by atoms with Crippen molar-refractivity contribution in [3.05, 3.63) is 40.1 Å². The second-order valence-electron chi connectivity index (χ2n) is 7.03. The summed E-state index contributed by atoms with van der Waals surface area (Å²) in [7, 11) is 1.99. The lowest BCUT2D eigenvalue weighted by Gasteiger charge is -2.33. The van der Waals surface area contributed by atoms with Gasteiger partial charge in [-0.05, 0) is 30.2 Å². The number of fused-ring (bicyclic) bond motifs is 1. The quantitative estimate of drug-likeness (QED) is 0.907. The first kappa shape index (κ1) is 15.8. The van der Waals surface area contributed by atoms with Crippen LogP contribution in [0.5, 0.6) is 0 Å². The Morgan fingerprint density at radius 2 is 2.33 bits per heavy atom. The summed E-state index contributed by atoms with van der Waals surface area (Å²) in [5.41, 5.74) is 2.13. The van der Waals surface area contributed by atoms with Gasteiger partial charge in [-0.1, -0.05) is 12.5 Å². The molecule has 128 valence electrons. The predicted octanol–water partition coefficient (Wildman–Crippen LogP) is 2.50. The van der Waals surface area contributed by atoms with Crippen LogP contribution in [-0.4, -0.2) is 33.4 Å². The summed E-state index contributed by atoms with van der Waals surface area (Å²) in [6, 6.07) is 4.24. The van der Waals surface area contributed by atoms with Crippen LogP contribution in [0.1, 0.15) is 41.4 Å². The summed E-state index contributed by atoms with van der Waals surface area (Å²) in [5, 5.41) is 5.29. The van der Waals surface area contributed by atoms with Gasteiger partial charge in [-0.15, -0.1) is 11.3 Å². The van der Waals surface area contributed by atoms with Gasteiger partial charge in [0.25, 0.3) is 0 Å². The van der Waals surface area contributed by atoms with Gasteiger partial charge in [-0.2, -0.15) is 0 Å². The number of hydrogen-bond donors (Lipinski definition) is 1. The second kappa shape index (κ2) is 6.69. The van der Waals surface area contributed by atoms with Crippen molar-refractivity contribution in [2.45, 2.75) is 38.3 Å². The minimum atomic E-state index is -0.124. The van der Waals surface area contributed by atoms with Crippen LogP contribution < -0.4 is 5.32 Å². The van der Waals surface area contributed by atoms with E-state index in [2.05, 4.69) is 32.7 Å². The zero-order chi connectivity index (χ0) is 16.5. The smallest absolute Gasteiger partial charge is 0.230 e. The maximum Gasteiger partial charge on any atom is 0.230 e. The molecule has 24 heavy (non-hydrogen) atoms. The molecule has 1 aliphatic carbocycles. The maximum absolute atomic E-state index is 12.8. The molecule has 0 spiro atoms. The van der Waals surface area contributed by atoms with E-state index in [-0.39, 0.29) is 11.8 Å². The number of aromatic nitrogens is 2. The first-order chi connectivity index (χ1) is 11.7. The molecule has 1 amide bonds. The molecule has 2 aliphatic rings. The van der Waals surface area contributed by atoms with E-state index in [9.17, 15) is 4.79 Å². The molecule has 1 saturated carbocycles. The Morgan fingerprint density at radius 3 is 3.04 bits per heavy atom. The fourth-order valence-electron chi connectivity index (χ4n) is 3.69. The number of imidazole rings is 1. The third-order valence-electron chi connectivity index (χ3n) is 5.27. The molecule has 5 nitrogen and oxygen atoms in total. The highest BCUT2D eigenvalue weighted by Crippen LogP contribution is 2.30. The van der Waals surface area contributed by atoms with Crippen LogP contribution in [0.2, 0.25) is 0 Å². The Morgan fingerprint density at radius 1 is 1.46 bits per heavy atom. The van der Waals surface area contributed by atoms with Crippen molar-refractivity contribution in [3.8, 4) is 0 Å². The van der Waals surface area contributed by atoms with Crippen molar-refractivity contribution >= 4 is 17.2 Å². The molecule has 3 heterocycles. The predicted molar refractivity (Wildman–Crippen MR) is 94.7 cm³/mol. The first-order valence-electron chi connectivity index (χ1n) is 8.73. The lowest BCUT2D eigenvalue weighted by molar-refractivity contribution is -0.123. The molecule has 2 aromatic rings. The van der Waals surface area contributed by atoms with Crippen LogP contribution in [0.3, 0.4) is 0 Å². The van der Waals surface area contributed by atoms with Gasteiger partial charge >= 0.3 is 0 Å². The highest BCUT2D eigenvalue weighted by molar-refractivity contribution is 7.09. The van der Waals surface area contributed by atoms with Gasteiger partial charge in [0.2, 0.25) is 5.91 Å². The number of thiophene rings is 1. The highest BCUT2D eigenvalue weighted by Gasteiger charge is 2.34. The Hall–Kier alpha value is -1.66. The number of rotatable bonds is 5. The molecule has 1 N–H and O–H groups in total. The highest BCUT2D eigenvalue weighted by atomic mass is 32.1. The summed E-state index contributed by atoms with van der Waals surface area (Å²) in [6.07, 6.45) is 5.66. The molecular formula is C18H24N4OS. The van der Waals surface area contributed by atoms with E-state index in [0.717, 1.165) is 37.6 Å². The van der Waals surface area contributed by atoms with Gasteiger partial charge < -0.3 is 9.88 Å². The van der Waals surface area contributed by atoms with E-state index in [0.29, 0.717) is 5.92 Å². The number of carbonyl (C=O) groups excluding carboxylic acids is 1. The monoisotopic (exact) mass is 344 g/mol. The maximum atomic E-state index is 12.8. The summed E-state index contributed by atoms with van der Waals surface area (Å²) in [6.45, 7) is 3.30. The van der Waals surface area contributed by atoms with E-state index in [1.807, 2.05) is 17.9 Å². The van der Waals surface area contributed by atoms with Crippen LogP contribution in [0, 0.1) is 5.92 Å². The van der Waals surface area contributed by atoms with Gasteiger partial charge in [0.15, 0.2) is 0 Å². The average Bonchev–Trinajstić information content (AvgIpc) is 3.15. The van der Waals surface area contributed by atoms with Crippen molar-refractivity contribution in [2.24, 2.45) is 13.0 Å². The number of nitrogens with one attached hydrogen (secondary N) is 1. The van der Waals surface area contributed by atoms with Crippen LogP contribution in [0.25, 0.3) is 0 Å². The minimum Gasteiger partial charge on any atom is -0.355 e. The Labute approximate surface area is 146 Å². The molecule has 0 saturated heterocycles. The standard InChI is InChI=1S/C18H24N4OS/c1-21-12-20-16-11-22(9-14-6-3-7-24-14)10-15(17(16)21)18(23)19-8-13-4-2-5-13/h3,6-7,12-13,15H,2,4-5,8-11H2,1H3,(H,19,23)/t15-/m0/s1. The van der Waals surface area contributed by atoms with Crippen molar-refractivity contribution < 1.29 is 4.79 Å². The van der Waals surface area contributed by atoms with Crippen LogP contribution in [-0.2, 0) is 24.9 Å². The van der Waals surface area contributed by atoms with E-state index in [1.165, 1.54) is 24.1 Å². The number of aryl methyl sites for hydroxylation is 1. The Bertz CT molecular complexity index is 705. The molecule has 0 aromatic carbocycles. The third-order valence-corrected chi connectivity index (χ3v) is 6.13. The zero-order valence-corrected chi connectivity index (χ0v) is 14.9. The summed E-state index contributed by atoms with van der Waals surface area (Å²) < 4.78 is 2.02. The van der Waals surface area contributed by atoms with Crippen molar-refractivity contribution in [1.82, 2.24) is 19.8 Å². The zero-order valence-electron chi connectivity index (χ0n) is 14.1. The van der Waals surface area contributed by atoms with Gasteiger partial charge in [0.05, 0.1) is 23.6 Å². The van der Waals surface area contributed by atoms with Crippen molar-refractivity contribution in [2.75, 3.05) is 13.1 Å². The van der Waals surface area contributed by atoms with Gasteiger partial charge in [0.1, 0.15) is 0 Å². The lowest BCUT2D eigenvalue weighted by Crippen LogP contribution is -2.43. The van der Waals surface area contributed by atoms with Crippen LogP contribution in [0.15, 0.2) is 23.8 Å². The topological polar surface area (TPSA) is 50.2 Å². The first-order valence-corrected chi connectivity index (χ1v) is 9.61. The number of amides is 1. The number of carbonyl (C=O) groups is 1. The second-order valence-corrected chi connectivity index (χ2v) is 8.06. The molecule has 0 bridgehead atoms. The minimum absolute atomic E-state index is 0.124. The molecule has 1 aliphatic heterocycles. The summed E-state index contributed by atoms with van der Waals surface area (Å²) >= 11 is 1.77. The SMILES string of the molecule is Cn1cnc2c1[C@@H](C(=O)NCC1CCC1)CN(Cc1cccs1)C2. The molecule has 1 fully saturated rings. The van der Waals surface area contributed by atoms with Crippen LogP contribution >= 0.6 is 11.3 Å². The van der Waals surface area contributed by atoms with Crippen molar-refractivity contribution in [1.29, 1.82) is 0 Å². The molecule has 4 rings (SSSR count). The van der Waals surface area contributed by atoms with Crippen molar-refractivity contribution in [3.63, 3.8) is 0 Å². The molecule has 6 heteroatoms. The average molecular weight is 344 g/mol.